The van der Waals surface area contributed by atoms with E-state index in [0.29, 0.717) is 0 Å². The van der Waals surface area contributed by atoms with Gasteiger partial charge in [0.1, 0.15) is 5.60 Å². The summed E-state index contributed by atoms with van der Waals surface area (Å²) in [6, 6.07) is -0.999. The Balaban J connectivity index is 1.67. The normalized spacial score (nSPS) is 48.6. The molecule has 32 heavy (non-hydrogen) atoms. The summed E-state index contributed by atoms with van der Waals surface area (Å²) in [5.74, 6) is -1.94. The number of carbonyl (C=O) groups excluding carboxylic acids is 4. The maximum Gasteiger partial charge on any atom is 0.303 e. The van der Waals surface area contributed by atoms with E-state index in [2.05, 4.69) is 0 Å². The van der Waals surface area contributed by atoms with Crippen LogP contribution in [0, 0.1) is 5.41 Å². The minimum Gasteiger partial charge on any atom is -0.456 e. The molecule has 2 spiro atoms. The van der Waals surface area contributed by atoms with Crippen molar-refractivity contribution in [1.29, 1.82) is 0 Å². The minimum atomic E-state index is -1.88. The number of ether oxygens (including phenoxy) is 2. The van der Waals surface area contributed by atoms with Gasteiger partial charge < -0.3 is 29.5 Å². The van der Waals surface area contributed by atoms with Gasteiger partial charge in [-0.2, -0.15) is 0 Å². The van der Waals surface area contributed by atoms with E-state index in [9.17, 15) is 29.4 Å². The molecule has 0 aromatic heterocycles. The number of hydrogen-bond donors (Lipinski definition) is 2. The van der Waals surface area contributed by atoms with Gasteiger partial charge in [0.05, 0.1) is 24.2 Å². The van der Waals surface area contributed by atoms with Crippen molar-refractivity contribution in [2.24, 2.45) is 5.41 Å². The van der Waals surface area contributed by atoms with Crippen molar-refractivity contribution in [1.82, 2.24) is 9.80 Å². The molecule has 0 radical (unpaired) electrons. The number of piperazine rings is 1. The summed E-state index contributed by atoms with van der Waals surface area (Å²) in [7, 11) is 3.67. The number of likely N-dealkylation sites (N-methyl/N-ethyl adjacent to an activating group) is 1. The van der Waals surface area contributed by atoms with Crippen LogP contribution in [0.25, 0.3) is 0 Å². The molecule has 1 aliphatic carbocycles. The predicted molar refractivity (Wildman–Crippen MR) is 113 cm³/mol. The lowest BCUT2D eigenvalue weighted by Crippen LogP contribution is -2.77. The van der Waals surface area contributed by atoms with Crippen LogP contribution in [-0.2, 0) is 28.7 Å². The number of amides is 2. The molecular weight excluding hydrogens is 460 g/mol. The molecule has 1 unspecified atom stereocenters. The summed E-state index contributed by atoms with van der Waals surface area (Å²) in [6.07, 6.45) is -2.22. The van der Waals surface area contributed by atoms with Gasteiger partial charge in [0.15, 0.2) is 22.4 Å². The molecule has 6 rings (SSSR count). The molecule has 5 aliphatic heterocycles. The number of nitrogens with zero attached hydrogens (tertiary/aromatic N) is 2. The molecule has 5 saturated heterocycles. The standard InChI is InChI=1S/C20H26N2O8S2/c1-9-16(3,4)12(25)18(30-9)6-11-17(28,13(18)29-10(2)24)7-19-14(26)21(5)20(8-23,32-31-19)15(27)22(11)19/h9,11,13,23,28H,6-8H2,1-5H3/t9-,11-,13+,17+,18-,19?,20+/m1/s1. The van der Waals surface area contributed by atoms with Crippen LogP contribution in [0.2, 0.25) is 0 Å². The summed E-state index contributed by atoms with van der Waals surface area (Å²) in [5, 5.41) is 22.1. The number of fused-ring (bicyclic) bond motifs is 3. The summed E-state index contributed by atoms with van der Waals surface area (Å²) < 4.78 is 11.7. The zero-order chi connectivity index (χ0) is 23.6. The Labute approximate surface area is 192 Å². The molecule has 10 nitrogen and oxygen atoms in total. The highest BCUT2D eigenvalue weighted by Gasteiger charge is 2.84. The summed E-state index contributed by atoms with van der Waals surface area (Å²) in [6.45, 7) is 5.80. The van der Waals surface area contributed by atoms with Crippen molar-refractivity contribution in [3.63, 3.8) is 0 Å². The summed E-state index contributed by atoms with van der Waals surface area (Å²) >= 11 is 0. The lowest BCUT2D eigenvalue weighted by molar-refractivity contribution is -0.189. The van der Waals surface area contributed by atoms with Crippen LogP contribution in [0.4, 0.5) is 0 Å². The lowest BCUT2D eigenvalue weighted by Gasteiger charge is -2.58. The van der Waals surface area contributed by atoms with Crippen LogP contribution in [0.5, 0.6) is 0 Å². The van der Waals surface area contributed by atoms with Gasteiger partial charge in [-0.05, 0) is 17.7 Å². The zero-order valence-electron chi connectivity index (χ0n) is 18.4. The largest absolute Gasteiger partial charge is 0.456 e. The zero-order valence-corrected chi connectivity index (χ0v) is 20.0. The SMILES string of the molecule is CC(=O)O[C@H]1[C@]2(O)CC34SS[C@@](CO)(C(=O)N3[C@@H]2C[C@]12O[C@H](C)C(C)(C)C2=O)N(C)C4=O. The van der Waals surface area contributed by atoms with E-state index in [-0.39, 0.29) is 18.6 Å². The first-order chi connectivity index (χ1) is 14.7. The van der Waals surface area contributed by atoms with Crippen molar-refractivity contribution in [3.05, 3.63) is 0 Å². The molecule has 5 heterocycles. The van der Waals surface area contributed by atoms with E-state index in [1.807, 2.05) is 0 Å². The highest BCUT2D eigenvalue weighted by atomic mass is 33.1. The maximum atomic E-state index is 13.7. The highest BCUT2D eigenvalue weighted by Crippen LogP contribution is 2.69. The number of esters is 1. The van der Waals surface area contributed by atoms with Crippen LogP contribution in [-0.4, -0.2) is 96.4 Å². The van der Waals surface area contributed by atoms with Crippen LogP contribution in [0.1, 0.15) is 40.5 Å². The smallest absolute Gasteiger partial charge is 0.303 e. The first-order valence-corrected chi connectivity index (χ1v) is 12.6. The topological polar surface area (TPSA) is 134 Å². The van der Waals surface area contributed by atoms with Gasteiger partial charge in [0.2, 0.25) is 4.87 Å². The van der Waals surface area contributed by atoms with Gasteiger partial charge in [-0.3, -0.25) is 19.2 Å². The van der Waals surface area contributed by atoms with Crippen molar-refractivity contribution in [2.45, 2.75) is 79.7 Å². The molecule has 2 amide bonds. The maximum absolute atomic E-state index is 13.7. The fourth-order valence-corrected chi connectivity index (χ4v) is 9.75. The minimum absolute atomic E-state index is 0.106. The third kappa shape index (κ3) is 2.16. The van der Waals surface area contributed by atoms with Gasteiger partial charge >= 0.3 is 5.97 Å². The van der Waals surface area contributed by atoms with Crippen molar-refractivity contribution < 1.29 is 38.9 Å². The lowest BCUT2D eigenvalue weighted by atomic mass is 9.76. The first-order valence-electron chi connectivity index (χ1n) is 10.5. The Morgan fingerprint density at radius 1 is 1.25 bits per heavy atom. The van der Waals surface area contributed by atoms with Gasteiger partial charge in [-0.1, -0.05) is 24.6 Å². The van der Waals surface area contributed by atoms with Gasteiger partial charge in [0, 0.05) is 26.8 Å². The Morgan fingerprint density at radius 3 is 2.44 bits per heavy atom. The van der Waals surface area contributed by atoms with Crippen molar-refractivity contribution >= 4 is 45.2 Å². The fraction of sp³-hybridized carbons (Fsp3) is 0.800. The molecular formula is C20H26N2O8S2. The number of rotatable bonds is 2. The van der Waals surface area contributed by atoms with E-state index >= 15 is 0 Å². The second kappa shape index (κ2) is 6.21. The molecule has 2 bridgehead atoms. The Kier molecular flexibility index (Phi) is 4.35. The van der Waals surface area contributed by atoms with Crippen LogP contribution >= 0.6 is 21.6 Å². The van der Waals surface area contributed by atoms with E-state index in [4.69, 9.17) is 9.47 Å². The second-order valence-electron chi connectivity index (χ2n) is 10.0. The first kappa shape index (κ1) is 22.5. The molecule has 1 saturated carbocycles. The molecule has 6 fully saturated rings. The second-order valence-corrected chi connectivity index (χ2v) is 12.7. The van der Waals surface area contributed by atoms with Crippen LogP contribution in [0.15, 0.2) is 0 Å². The third-order valence-electron chi connectivity index (χ3n) is 8.10. The van der Waals surface area contributed by atoms with E-state index in [1.165, 1.54) is 23.8 Å². The van der Waals surface area contributed by atoms with Gasteiger partial charge in [-0.15, -0.1) is 0 Å². The number of aliphatic hydroxyl groups is 2. The average Bonchev–Trinajstić information content (AvgIpc) is 3.17. The number of aliphatic hydroxyl groups excluding tert-OH is 1. The predicted octanol–water partition coefficient (Wildman–Crippen LogP) is -0.341. The molecule has 0 aromatic rings. The molecule has 0 aromatic carbocycles. The number of hydrogen-bond acceptors (Lipinski definition) is 10. The third-order valence-corrected chi connectivity index (χ3v) is 11.7. The van der Waals surface area contributed by atoms with Crippen molar-refractivity contribution in [3.8, 4) is 0 Å². The molecule has 176 valence electrons. The Bertz CT molecular complexity index is 975. The van der Waals surface area contributed by atoms with Crippen molar-refractivity contribution in [2.75, 3.05) is 13.7 Å². The Morgan fingerprint density at radius 2 is 1.91 bits per heavy atom. The summed E-state index contributed by atoms with van der Waals surface area (Å²) in [4.78, 5) is 52.4. The number of Topliss-reactive ketones (excluding diaryl/α,β-unsaturated/α-hetero) is 1. The van der Waals surface area contributed by atoms with Crippen LogP contribution in [0.3, 0.4) is 0 Å². The van der Waals surface area contributed by atoms with E-state index in [1.54, 1.807) is 20.8 Å². The summed E-state index contributed by atoms with van der Waals surface area (Å²) in [5.41, 5.74) is -4.41. The van der Waals surface area contributed by atoms with Crippen LogP contribution < -0.4 is 0 Å². The molecule has 2 N–H and O–H groups in total. The average molecular weight is 487 g/mol. The number of ketones is 1. The highest BCUT2D eigenvalue weighted by molar-refractivity contribution is 8.78. The van der Waals surface area contributed by atoms with Gasteiger partial charge in [-0.25, -0.2) is 0 Å². The molecule has 12 heteroatoms. The molecule has 6 aliphatic rings. The van der Waals surface area contributed by atoms with E-state index < -0.39 is 69.0 Å². The fourth-order valence-electron chi connectivity index (χ4n) is 6.10. The van der Waals surface area contributed by atoms with E-state index in [0.717, 1.165) is 21.6 Å². The van der Waals surface area contributed by atoms with Gasteiger partial charge in [0.25, 0.3) is 11.8 Å². The monoisotopic (exact) mass is 486 g/mol. The quantitative estimate of drug-likeness (QED) is 0.394. The molecule has 7 atom stereocenters. The number of carbonyl (C=O) groups is 4. The Hall–Kier alpha value is -1.34.